The molecule has 7 N–H and O–H groups in total. The van der Waals surface area contributed by atoms with Gasteiger partial charge in [0.2, 0.25) is 0 Å². The van der Waals surface area contributed by atoms with Crippen molar-refractivity contribution in [2.45, 2.75) is 56.0 Å². The fourth-order valence-electron chi connectivity index (χ4n) is 2.04. The van der Waals surface area contributed by atoms with Crippen molar-refractivity contribution in [1.29, 1.82) is 0 Å². The molecule has 128 valence electrons. The van der Waals surface area contributed by atoms with E-state index >= 15 is 0 Å². The fraction of sp³-hybridized carbons (Fsp3) is 0.833. The number of nitrogens with two attached hydrogens (primary N) is 1. The van der Waals surface area contributed by atoms with Crippen molar-refractivity contribution in [3.63, 3.8) is 0 Å². The number of unbranched alkanes of at least 4 members (excludes halogenated alkanes) is 1. The van der Waals surface area contributed by atoms with Crippen LogP contribution in [-0.2, 0) is 19.1 Å². The molecule has 0 aromatic rings. The second kappa shape index (κ2) is 8.36. The summed E-state index contributed by atoms with van der Waals surface area (Å²) in [5.41, 5.74) is 5.32. The van der Waals surface area contributed by atoms with Crippen LogP contribution in [0.1, 0.15) is 19.3 Å². The molecule has 6 atom stereocenters. The van der Waals surface area contributed by atoms with E-state index in [9.17, 15) is 24.9 Å². The first kappa shape index (κ1) is 18.7. The third-order valence-corrected chi connectivity index (χ3v) is 3.34. The molecular weight excluding hydrogens is 302 g/mol. The Morgan fingerprint density at radius 2 is 1.77 bits per heavy atom. The summed E-state index contributed by atoms with van der Waals surface area (Å²) in [5, 5.41) is 46.3. The highest BCUT2D eigenvalue weighted by atomic mass is 16.7. The van der Waals surface area contributed by atoms with E-state index in [1.807, 2.05) is 0 Å². The van der Waals surface area contributed by atoms with Gasteiger partial charge in [-0.15, -0.1) is 0 Å². The summed E-state index contributed by atoms with van der Waals surface area (Å²) >= 11 is 0. The molecule has 22 heavy (non-hydrogen) atoms. The third-order valence-electron chi connectivity index (χ3n) is 3.34. The van der Waals surface area contributed by atoms with Gasteiger partial charge < -0.3 is 40.7 Å². The van der Waals surface area contributed by atoms with E-state index < -0.39 is 48.7 Å². The van der Waals surface area contributed by atoms with E-state index in [1.165, 1.54) is 0 Å². The van der Waals surface area contributed by atoms with Gasteiger partial charge in [-0.1, -0.05) is 0 Å². The predicted octanol–water partition coefficient (Wildman–Crippen LogP) is -2.52. The molecule has 0 amide bonds. The van der Waals surface area contributed by atoms with Crippen molar-refractivity contribution in [2.75, 3.05) is 6.61 Å². The molecule has 10 nitrogen and oxygen atoms in total. The van der Waals surface area contributed by atoms with Crippen molar-refractivity contribution < 1.29 is 44.6 Å². The molecule has 0 spiro atoms. The quantitative estimate of drug-likeness (QED) is 0.261. The van der Waals surface area contributed by atoms with Crippen LogP contribution in [0.5, 0.6) is 0 Å². The lowest BCUT2D eigenvalue weighted by Gasteiger charge is -2.38. The van der Waals surface area contributed by atoms with Crippen molar-refractivity contribution >= 4 is 11.9 Å². The van der Waals surface area contributed by atoms with E-state index in [0.29, 0.717) is 12.8 Å². The number of aliphatic carboxylic acids is 2. The predicted molar refractivity (Wildman–Crippen MR) is 69.7 cm³/mol. The minimum Gasteiger partial charge on any atom is -0.480 e. The van der Waals surface area contributed by atoms with Crippen LogP contribution in [0.4, 0.5) is 0 Å². The zero-order valence-corrected chi connectivity index (χ0v) is 11.7. The smallest absolute Gasteiger partial charge is 0.335 e. The molecule has 1 heterocycles. The number of carboxylic acid groups (broad SMARTS) is 2. The number of ether oxygens (including phenoxy) is 2. The molecule has 10 heteroatoms. The summed E-state index contributed by atoms with van der Waals surface area (Å²) in [6.07, 6.45) is -6.96. The summed E-state index contributed by atoms with van der Waals surface area (Å²) in [6, 6.07) is -0.965. The maximum absolute atomic E-state index is 10.8. The molecule has 0 bridgehead atoms. The Labute approximate surface area is 126 Å². The average molecular weight is 323 g/mol. The second-order valence-corrected chi connectivity index (χ2v) is 5.04. The average Bonchev–Trinajstić information content (AvgIpc) is 2.44. The van der Waals surface area contributed by atoms with E-state index in [2.05, 4.69) is 0 Å². The zero-order chi connectivity index (χ0) is 16.9. The Kier molecular flexibility index (Phi) is 7.13. The topological polar surface area (TPSA) is 180 Å². The lowest BCUT2D eigenvalue weighted by Crippen LogP contribution is -2.60. The summed E-state index contributed by atoms with van der Waals surface area (Å²) in [4.78, 5) is 21.3. The van der Waals surface area contributed by atoms with Gasteiger partial charge >= 0.3 is 11.9 Å². The Balaban J connectivity index is 2.36. The Bertz CT molecular complexity index is 391. The minimum atomic E-state index is -1.74. The molecule has 1 saturated heterocycles. The van der Waals surface area contributed by atoms with Gasteiger partial charge in [0.1, 0.15) is 24.4 Å². The van der Waals surface area contributed by atoms with Crippen LogP contribution in [0.25, 0.3) is 0 Å². The molecule has 0 aromatic heterocycles. The number of aliphatic hydroxyl groups excluding tert-OH is 3. The van der Waals surface area contributed by atoms with Gasteiger partial charge in [-0.3, -0.25) is 4.79 Å². The Hall–Kier alpha value is -1.30. The van der Waals surface area contributed by atoms with E-state index in [1.54, 1.807) is 0 Å². The highest BCUT2D eigenvalue weighted by Gasteiger charge is 2.47. The number of hydrogen-bond donors (Lipinski definition) is 6. The SMILES string of the molecule is NC(CCCCO[C@@H]1C(O)[C@H](O)C(C(=O)O)O[C@H]1O)C(=O)O. The molecular formula is C12H21NO9. The van der Waals surface area contributed by atoms with Crippen LogP contribution >= 0.6 is 0 Å². The van der Waals surface area contributed by atoms with Crippen LogP contribution in [0.15, 0.2) is 0 Å². The molecule has 1 aliphatic rings. The monoisotopic (exact) mass is 323 g/mol. The van der Waals surface area contributed by atoms with Crippen LogP contribution in [0.3, 0.4) is 0 Å². The molecule has 0 radical (unpaired) electrons. The maximum atomic E-state index is 10.8. The van der Waals surface area contributed by atoms with Gasteiger partial charge in [0.15, 0.2) is 12.4 Å². The first-order valence-corrected chi connectivity index (χ1v) is 6.78. The maximum Gasteiger partial charge on any atom is 0.335 e. The number of rotatable bonds is 8. The number of carbonyl (C=O) groups is 2. The third kappa shape index (κ3) is 4.87. The van der Waals surface area contributed by atoms with Gasteiger partial charge in [0.25, 0.3) is 0 Å². The van der Waals surface area contributed by atoms with Gasteiger partial charge in [-0.25, -0.2) is 4.79 Å². The molecule has 0 saturated carbocycles. The molecule has 0 aliphatic carbocycles. The molecule has 1 rings (SSSR count). The Morgan fingerprint density at radius 1 is 1.14 bits per heavy atom. The molecule has 1 fully saturated rings. The first-order chi connectivity index (χ1) is 10.3. The van der Waals surface area contributed by atoms with Crippen LogP contribution in [-0.4, -0.2) is 80.8 Å². The van der Waals surface area contributed by atoms with Crippen molar-refractivity contribution in [3.05, 3.63) is 0 Å². The number of carboxylic acids is 2. The standard InChI is InChI=1S/C12H21NO9/c13-5(10(16)17)3-1-2-4-21-9-7(15)6(14)8(11(18)19)22-12(9)20/h5-9,12,14-15,20H,1-4,13H2,(H,16,17)(H,18,19)/t5?,6-,7?,8?,9+,12+/m0/s1. The summed E-state index contributed by atoms with van der Waals surface area (Å²) in [6.45, 7) is 0.0545. The highest BCUT2D eigenvalue weighted by Crippen LogP contribution is 2.22. The van der Waals surface area contributed by atoms with Gasteiger partial charge in [-0.05, 0) is 19.3 Å². The van der Waals surface area contributed by atoms with E-state index in [4.69, 9.17) is 25.4 Å². The van der Waals surface area contributed by atoms with Crippen LogP contribution < -0.4 is 5.73 Å². The van der Waals surface area contributed by atoms with Crippen molar-refractivity contribution in [3.8, 4) is 0 Å². The summed E-state index contributed by atoms with van der Waals surface area (Å²) in [5.74, 6) is -2.61. The lowest BCUT2D eigenvalue weighted by atomic mass is 9.99. The lowest BCUT2D eigenvalue weighted by molar-refractivity contribution is -0.289. The minimum absolute atomic E-state index is 0.0545. The van der Waals surface area contributed by atoms with E-state index in [0.717, 1.165) is 0 Å². The van der Waals surface area contributed by atoms with Crippen LogP contribution in [0.2, 0.25) is 0 Å². The largest absolute Gasteiger partial charge is 0.480 e. The molecule has 1 aliphatic heterocycles. The second-order valence-electron chi connectivity index (χ2n) is 5.04. The highest BCUT2D eigenvalue weighted by molar-refractivity contribution is 5.73. The molecule has 3 unspecified atom stereocenters. The van der Waals surface area contributed by atoms with Gasteiger partial charge in [0.05, 0.1) is 0 Å². The van der Waals surface area contributed by atoms with Crippen molar-refractivity contribution in [2.24, 2.45) is 5.73 Å². The van der Waals surface area contributed by atoms with Crippen molar-refractivity contribution in [1.82, 2.24) is 0 Å². The van der Waals surface area contributed by atoms with Gasteiger partial charge in [0, 0.05) is 6.61 Å². The van der Waals surface area contributed by atoms with Gasteiger partial charge in [-0.2, -0.15) is 0 Å². The van der Waals surface area contributed by atoms with Crippen LogP contribution in [0, 0.1) is 0 Å². The summed E-state index contributed by atoms with van der Waals surface area (Å²) < 4.78 is 9.88. The zero-order valence-electron chi connectivity index (χ0n) is 11.7. The Morgan fingerprint density at radius 3 is 2.32 bits per heavy atom. The summed E-state index contributed by atoms with van der Waals surface area (Å²) in [7, 11) is 0. The first-order valence-electron chi connectivity index (χ1n) is 6.78. The number of hydrogen-bond acceptors (Lipinski definition) is 8. The van der Waals surface area contributed by atoms with E-state index in [-0.39, 0.29) is 13.0 Å². The fourth-order valence-corrected chi connectivity index (χ4v) is 2.04. The molecule has 0 aromatic carbocycles. The normalized spacial score (nSPS) is 33.4. The number of aliphatic hydroxyl groups is 3.